The lowest BCUT2D eigenvalue weighted by Crippen LogP contribution is -2.47. The van der Waals surface area contributed by atoms with E-state index in [4.69, 9.17) is 44.8 Å². The molecule has 0 aromatic heterocycles. The Balaban J connectivity index is 1.76. The molecule has 1 aliphatic rings. The van der Waals surface area contributed by atoms with Crippen molar-refractivity contribution in [2.75, 3.05) is 4.90 Å². The second-order valence-electron chi connectivity index (χ2n) is 9.27. The van der Waals surface area contributed by atoms with Gasteiger partial charge in [-0.05, 0) is 99.1 Å². The first kappa shape index (κ1) is 25.5. The summed E-state index contributed by atoms with van der Waals surface area (Å²) in [6.07, 6.45) is 0. The van der Waals surface area contributed by atoms with E-state index in [0.29, 0.717) is 15.1 Å². The van der Waals surface area contributed by atoms with Crippen molar-refractivity contribution >= 4 is 57.7 Å². The van der Waals surface area contributed by atoms with Gasteiger partial charge in [0, 0.05) is 32.0 Å². The Labute approximate surface area is 233 Å². The van der Waals surface area contributed by atoms with Crippen LogP contribution in [0, 0.1) is 6.92 Å². The summed E-state index contributed by atoms with van der Waals surface area (Å²) in [6.45, 7) is 6.31. The van der Waals surface area contributed by atoms with E-state index in [2.05, 4.69) is 37.8 Å². The molecular formula is C31H26Cl3N3. The quantitative estimate of drug-likeness (QED) is 0.229. The van der Waals surface area contributed by atoms with E-state index >= 15 is 0 Å². The Morgan fingerprint density at radius 1 is 0.757 bits per heavy atom. The van der Waals surface area contributed by atoms with E-state index in [0.717, 1.165) is 34.0 Å². The highest BCUT2D eigenvalue weighted by molar-refractivity contribution is 6.31. The molecule has 4 aromatic carbocycles. The van der Waals surface area contributed by atoms with E-state index in [1.54, 1.807) is 0 Å². The molecule has 1 heterocycles. The zero-order chi connectivity index (χ0) is 26.2. The van der Waals surface area contributed by atoms with E-state index in [1.807, 2.05) is 84.9 Å². The van der Waals surface area contributed by atoms with Crippen LogP contribution in [0.3, 0.4) is 0 Å². The Hall–Kier alpha value is -3.11. The zero-order valence-corrected chi connectivity index (χ0v) is 23.1. The third-order valence-electron chi connectivity index (χ3n) is 6.88. The van der Waals surface area contributed by atoms with Gasteiger partial charge in [0.15, 0.2) is 0 Å². The van der Waals surface area contributed by atoms with Crippen molar-refractivity contribution in [3.63, 3.8) is 0 Å². The summed E-state index contributed by atoms with van der Waals surface area (Å²) >= 11 is 18.8. The van der Waals surface area contributed by atoms with Gasteiger partial charge in [0.1, 0.15) is 11.4 Å². The highest BCUT2D eigenvalue weighted by atomic mass is 35.5. The van der Waals surface area contributed by atoms with Crippen LogP contribution in [-0.2, 0) is 5.54 Å². The predicted octanol–water partition coefficient (Wildman–Crippen LogP) is 9.30. The Kier molecular flexibility index (Phi) is 7.13. The number of aliphatic imine (C=N–C) groups is 2. The summed E-state index contributed by atoms with van der Waals surface area (Å²) in [6, 6.07) is 31.6. The van der Waals surface area contributed by atoms with Gasteiger partial charge in [0.25, 0.3) is 0 Å². The lowest BCUT2D eigenvalue weighted by atomic mass is 9.80. The number of hydrogen-bond acceptors (Lipinski definition) is 3. The maximum atomic E-state index is 6.30. The summed E-state index contributed by atoms with van der Waals surface area (Å²) in [5.74, 6) is 0.833. The van der Waals surface area contributed by atoms with Crippen LogP contribution in [0.25, 0.3) is 0 Å². The van der Waals surface area contributed by atoms with Crippen molar-refractivity contribution in [3.05, 3.63) is 129 Å². The molecule has 0 amide bonds. The normalized spacial score (nSPS) is 19.7. The number of anilines is 1. The van der Waals surface area contributed by atoms with Gasteiger partial charge in [-0.25, -0.2) is 4.99 Å². The van der Waals surface area contributed by atoms with Crippen molar-refractivity contribution in [1.29, 1.82) is 0 Å². The van der Waals surface area contributed by atoms with Gasteiger partial charge in [-0.1, -0.05) is 64.6 Å². The molecular weight excluding hydrogens is 521 g/mol. The molecule has 2 atom stereocenters. The van der Waals surface area contributed by atoms with Crippen molar-refractivity contribution in [3.8, 4) is 0 Å². The van der Waals surface area contributed by atoms with E-state index in [-0.39, 0.29) is 6.04 Å². The molecule has 5 rings (SSSR count). The fourth-order valence-electron chi connectivity index (χ4n) is 4.93. The maximum absolute atomic E-state index is 6.30. The van der Waals surface area contributed by atoms with Crippen LogP contribution in [0.2, 0.25) is 15.1 Å². The first-order valence-corrected chi connectivity index (χ1v) is 13.2. The van der Waals surface area contributed by atoms with Gasteiger partial charge in [-0.15, -0.1) is 0 Å². The molecule has 0 aliphatic carbocycles. The molecule has 37 heavy (non-hydrogen) atoms. The summed E-state index contributed by atoms with van der Waals surface area (Å²) in [4.78, 5) is 12.8. The topological polar surface area (TPSA) is 28.0 Å². The van der Waals surface area contributed by atoms with Crippen molar-refractivity contribution in [2.45, 2.75) is 32.4 Å². The standard InChI is InChI=1S/C31H26Cl3N3/c1-20-4-16-28(17-5-20)35-21(2)31(24-8-12-26(33)13-9-24)22(3)37(29-18-14-27(34)15-19-29)30(36-31)23-6-10-25(32)11-7-23/h4-19,22H,1-3H3/b35-21+. The molecule has 6 heteroatoms. The van der Waals surface area contributed by atoms with E-state index < -0.39 is 5.54 Å². The van der Waals surface area contributed by atoms with Crippen molar-refractivity contribution in [2.24, 2.45) is 9.98 Å². The molecule has 0 saturated heterocycles. The van der Waals surface area contributed by atoms with Crippen LogP contribution >= 0.6 is 34.8 Å². The molecule has 0 saturated carbocycles. The predicted molar refractivity (Wildman–Crippen MR) is 158 cm³/mol. The Bertz CT molecular complexity index is 1460. The third-order valence-corrected chi connectivity index (χ3v) is 7.63. The molecule has 0 N–H and O–H groups in total. The Morgan fingerprint density at radius 2 is 1.27 bits per heavy atom. The van der Waals surface area contributed by atoms with Crippen LogP contribution in [0.15, 0.2) is 107 Å². The number of hydrogen-bond donors (Lipinski definition) is 0. The number of amidine groups is 1. The molecule has 1 aliphatic heterocycles. The van der Waals surface area contributed by atoms with Gasteiger partial charge in [0.2, 0.25) is 0 Å². The number of aryl methyl sites for hydroxylation is 1. The minimum Gasteiger partial charge on any atom is -0.320 e. The molecule has 0 spiro atoms. The van der Waals surface area contributed by atoms with Gasteiger partial charge >= 0.3 is 0 Å². The highest BCUT2D eigenvalue weighted by Crippen LogP contribution is 2.44. The molecule has 0 radical (unpaired) electrons. The number of benzene rings is 4. The van der Waals surface area contributed by atoms with Gasteiger partial charge in [-0.3, -0.25) is 4.99 Å². The number of rotatable bonds is 5. The van der Waals surface area contributed by atoms with Gasteiger partial charge in [0.05, 0.1) is 11.7 Å². The van der Waals surface area contributed by atoms with E-state index in [9.17, 15) is 0 Å². The van der Waals surface area contributed by atoms with Crippen LogP contribution in [0.4, 0.5) is 11.4 Å². The zero-order valence-electron chi connectivity index (χ0n) is 20.8. The minimum atomic E-state index is -0.774. The molecule has 186 valence electrons. The summed E-state index contributed by atoms with van der Waals surface area (Å²) in [5.41, 5.74) is 5.15. The van der Waals surface area contributed by atoms with Crippen molar-refractivity contribution < 1.29 is 0 Å². The SMILES string of the molecule is C/C(=N\c1ccc(C)cc1)C1(c2ccc(Cl)cc2)N=C(c2ccc(Cl)cc2)N(c2ccc(Cl)cc2)C1C. The fourth-order valence-corrected chi connectivity index (χ4v) is 5.31. The molecule has 0 fully saturated rings. The molecule has 3 nitrogen and oxygen atoms in total. The third kappa shape index (κ3) is 4.92. The van der Waals surface area contributed by atoms with Gasteiger partial charge < -0.3 is 4.90 Å². The molecule has 2 unspecified atom stereocenters. The fraction of sp³-hybridized carbons (Fsp3) is 0.161. The Morgan fingerprint density at radius 3 is 1.84 bits per heavy atom. The second kappa shape index (κ2) is 10.3. The smallest absolute Gasteiger partial charge is 0.146 e. The largest absolute Gasteiger partial charge is 0.320 e. The second-order valence-corrected chi connectivity index (χ2v) is 10.6. The first-order chi connectivity index (χ1) is 17.8. The van der Waals surface area contributed by atoms with Crippen LogP contribution in [0.1, 0.15) is 30.5 Å². The number of halogens is 3. The van der Waals surface area contributed by atoms with Crippen LogP contribution < -0.4 is 4.90 Å². The average Bonchev–Trinajstić information content (AvgIpc) is 3.20. The highest BCUT2D eigenvalue weighted by Gasteiger charge is 2.50. The summed E-state index contributed by atoms with van der Waals surface area (Å²) < 4.78 is 0. The summed E-state index contributed by atoms with van der Waals surface area (Å²) in [5, 5.41) is 2.03. The lowest BCUT2D eigenvalue weighted by Gasteiger charge is -2.36. The maximum Gasteiger partial charge on any atom is 0.146 e. The number of nitrogens with zero attached hydrogens (tertiary/aromatic N) is 3. The molecule has 4 aromatic rings. The summed E-state index contributed by atoms with van der Waals surface area (Å²) in [7, 11) is 0. The van der Waals surface area contributed by atoms with E-state index in [1.165, 1.54) is 5.56 Å². The van der Waals surface area contributed by atoms with Crippen LogP contribution in [-0.4, -0.2) is 17.6 Å². The van der Waals surface area contributed by atoms with Crippen LogP contribution in [0.5, 0.6) is 0 Å². The van der Waals surface area contributed by atoms with Gasteiger partial charge in [-0.2, -0.15) is 0 Å². The lowest BCUT2D eigenvalue weighted by molar-refractivity contribution is 0.528. The average molecular weight is 547 g/mol. The first-order valence-electron chi connectivity index (χ1n) is 12.1. The monoisotopic (exact) mass is 545 g/mol. The molecule has 0 bridgehead atoms. The van der Waals surface area contributed by atoms with Crippen molar-refractivity contribution in [1.82, 2.24) is 0 Å². The minimum absolute atomic E-state index is 0.116.